The van der Waals surface area contributed by atoms with Crippen molar-refractivity contribution in [1.82, 2.24) is 0 Å². The van der Waals surface area contributed by atoms with Gasteiger partial charge in [0.1, 0.15) is 0 Å². The van der Waals surface area contributed by atoms with Gasteiger partial charge in [-0.15, -0.1) is 0 Å². The first kappa shape index (κ1) is 16.8. The van der Waals surface area contributed by atoms with E-state index in [4.69, 9.17) is 4.74 Å². The molecule has 2 aliphatic heterocycles. The molecule has 2 aromatic rings. The molecule has 2 aliphatic rings. The molecule has 5 nitrogen and oxygen atoms in total. The van der Waals surface area contributed by atoms with E-state index in [2.05, 4.69) is 11.4 Å². The Morgan fingerprint density at radius 3 is 2.69 bits per heavy atom. The van der Waals surface area contributed by atoms with Crippen LogP contribution in [-0.4, -0.2) is 31.6 Å². The molecule has 0 spiro atoms. The van der Waals surface area contributed by atoms with Gasteiger partial charge in [0.05, 0.1) is 18.9 Å². The number of fused-ring (bicyclic) bond motifs is 1. The minimum atomic E-state index is -0.0634. The fraction of sp³-hybridized carbons (Fsp3) is 0.333. The van der Waals surface area contributed by atoms with E-state index in [0.29, 0.717) is 19.6 Å². The predicted octanol–water partition coefficient (Wildman–Crippen LogP) is 2.79. The molecule has 1 fully saturated rings. The lowest BCUT2D eigenvalue weighted by Crippen LogP contribution is -2.30. The molecular formula is C21H22N2O3. The van der Waals surface area contributed by atoms with Gasteiger partial charge in [-0.2, -0.15) is 0 Å². The average molecular weight is 350 g/mol. The highest BCUT2D eigenvalue weighted by Gasteiger charge is 2.25. The van der Waals surface area contributed by atoms with Crippen molar-refractivity contribution in [2.45, 2.75) is 19.3 Å². The summed E-state index contributed by atoms with van der Waals surface area (Å²) < 4.78 is 5.25. The van der Waals surface area contributed by atoms with Gasteiger partial charge in [-0.3, -0.25) is 9.59 Å². The Hall–Kier alpha value is -2.66. The first-order valence-corrected chi connectivity index (χ1v) is 9.06. The zero-order chi connectivity index (χ0) is 17.9. The van der Waals surface area contributed by atoms with Crippen LogP contribution in [0.4, 0.5) is 11.4 Å². The number of benzene rings is 2. The molecule has 1 atom stereocenters. The fourth-order valence-electron chi connectivity index (χ4n) is 3.56. The maximum absolute atomic E-state index is 12.7. The van der Waals surface area contributed by atoms with Gasteiger partial charge in [0.15, 0.2) is 0 Å². The highest BCUT2D eigenvalue weighted by molar-refractivity contribution is 5.97. The van der Waals surface area contributed by atoms with E-state index in [1.165, 1.54) is 5.56 Å². The molecule has 0 bridgehead atoms. The summed E-state index contributed by atoms with van der Waals surface area (Å²) in [5, 5.41) is 2.92. The summed E-state index contributed by atoms with van der Waals surface area (Å²) in [5.41, 5.74) is 3.96. The quantitative estimate of drug-likeness (QED) is 0.922. The second-order valence-corrected chi connectivity index (χ2v) is 6.85. The van der Waals surface area contributed by atoms with Crippen LogP contribution in [0.2, 0.25) is 0 Å². The Morgan fingerprint density at radius 1 is 1.12 bits per heavy atom. The van der Waals surface area contributed by atoms with Gasteiger partial charge in [0, 0.05) is 24.5 Å². The number of amides is 2. The van der Waals surface area contributed by atoms with Gasteiger partial charge in [-0.05, 0) is 42.2 Å². The van der Waals surface area contributed by atoms with Crippen LogP contribution in [-0.2, 0) is 27.2 Å². The number of ether oxygens (including phenoxy) is 1. The average Bonchev–Trinajstić information content (AvgIpc) is 3.33. The topological polar surface area (TPSA) is 58.6 Å². The summed E-state index contributed by atoms with van der Waals surface area (Å²) in [7, 11) is 0. The van der Waals surface area contributed by atoms with E-state index in [1.54, 1.807) is 0 Å². The molecule has 0 aliphatic carbocycles. The number of carbonyl (C=O) groups excluding carboxylic acids is 2. The lowest BCUT2D eigenvalue weighted by atomic mass is 10.1. The first-order valence-electron chi connectivity index (χ1n) is 9.06. The summed E-state index contributed by atoms with van der Waals surface area (Å²) >= 11 is 0. The lowest BCUT2D eigenvalue weighted by molar-refractivity contribution is -0.120. The maximum atomic E-state index is 12.7. The van der Waals surface area contributed by atoms with Gasteiger partial charge >= 0.3 is 0 Å². The van der Waals surface area contributed by atoms with Crippen LogP contribution in [0.3, 0.4) is 0 Å². The highest BCUT2D eigenvalue weighted by Crippen LogP contribution is 2.28. The van der Waals surface area contributed by atoms with Crippen molar-refractivity contribution < 1.29 is 14.3 Å². The molecule has 0 aromatic heterocycles. The lowest BCUT2D eigenvalue weighted by Gasteiger charge is -2.17. The SMILES string of the molecule is O=C(Nc1ccc(CC(=O)N2CCc3ccccc32)cc1)[C@H]1CCOC1. The van der Waals surface area contributed by atoms with Crippen LogP contribution < -0.4 is 10.2 Å². The predicted molar refractivity (Wildman–Crippen MR) is 100 cm³/mol. The molecule has 26 heavy (non-hydrogen) atoms. The molecule has 0 unspecified atom stereocenters. The van der Waals surface area contributed by atoms with E-state index in [0.717, 1.165) is 36.3 Å². The Kier molecular flexibility index (Phi) is 4.71. The summed E-state index contributed by atoms with van der Waals surface area (Å²) in [6, 6.07) is 15.6. The van der Waals surface area contributed by atoms with Crippen LogP contribution in [0.25, 0.3) is 0 Å². The third-order valence-electron chi connectivity index (χ3n) is 5.07. The van der Waals surface area contributed by atoms with E-state index in [1.807, 2.05) is 47.4 Å². The fourth-order valence-corrected chi connectivity index (χ4v) is 3.56. The number of para-hydroxylation sites is 1. The summed E-state index contributed by atoms with van der Waals surface area (Å²) in [4.78, 5) is 26.6. The summed E-state index contributed by atoms with van der Waals surface area (Å²) in [6.45, 7) is 1.89. The van der Waals surface area contributed by atoms with E-state index in [-0.39, 0.29) is 17.7 Å². The Morgan fingerprint density at radius 2 is 1.92 bits per heavy atom. The number of hydrogen-bond donors (Lipinski definition) is 1. The second kappa shape index (κ2) is 7.30. The van der Waals surface area contributed by atoms with Crippen molar-refractivity contribution in [2.24, 2.45) is 5.92 Å². The Labute approximate surface area is 153 Å². The Bertz CT molecular complexity index is 810. The van der Waals surface area contributed by atoms with Gasteiger partial charge in [-0.1, -0.05) is 30.3 Å². The molecule has 2 aromatic carbocycles. The van der Waals surface area contributed by atoms with Crippen LogP contribution in [0, 0.1) is 5.92 Å². The molecule has 5 heteroatoms. The minimum absolute atomic E-state index is 0.000000123. The maximum Gasteiger partial charge on any atom is 0.231 e. The van der Waals surface area contributed by atoms with E-state index >= 15 is 0 Å². The summed E-state index contributed by atoms with van der Waals surface area (Å²) in [5.74, 6) is 0.0429. The minimum Gasteiger partial charge on any atom is -0.381 e. The molecule has 4 rings (SSSR count). The molecule has 2 heterocycles. The smallest absolute Gasteiger partial charge is 0.231 e. The normalized spacial score (nSPS) is 18.6. The third kappa shape index (κ3) is 3.48. The largest absolute Gasteiger partial charge is 0.381 e. The van der Waals surface area contributed by atoms with Crippen LogP contribution in [0.1, 0.15) is 17.5 Å². The van der Waals surface area contributed by atoms with Crippen molar-refractivity contribution in [1.29, 1.82) is 0 Å². The number of anilines is 2. The van der Waals surface area contributed by atoms with E-state index in [9.17, 15) is 9.59 Å². The van der Waals surface area contributed by atoms with Crippen molar-refractivity contribution in [2.75, 3.05) is 30.0 Å². The van der Waals surface area contributed by atoms with Crippen LogP contribution in [0.15, 0.2) is 48.5 Å². The van der Waals surface area contributed by atoms with Gasteiger partial charge in [0.2, 0.25) is 11.8 Å². The van der Waals surface area contributed by atoms with Crippen molar-refractivity contribution >= 4 is 23.2 Å². The molecule has 0 saturated carbocycles. The third-order valence-corrected chi connectivity index (χ3v) is 5.07. The zero-order valence-electron chi connectivity index (χ0n) is 14.6. The summed E-state index contributed by atoms with van der Waals surface area (Å²) in [6.07, 6.45) is 2.05. The van der Waals surface area contributed by atoms with Crippen LogP contribution >= 0.6 is 0 Å². The number of nitrogens with one attached hydrogen (secondary N) is 1. The second-order valence-electron chi connectivity index (χ2n) is 6.85. The van der Waals surface area contributed by atoms with Crippen molar-refractivity contribution in [3.8, 4) is 0 Å². The van der Waals surface area contributed by atoms with E-state index < -0.39 is 0 Å². The monoisotopic (exact) mass is 350 g/mol. The first-order chi connectivity index (χ1) is 12.7. The van der Waals surface area contributed by atoms with Gasteiger partial charge in [-0.25, -0.2) is 0 Å². The molecule has 1 N–H and O–H groups in total. The number of hydrogen-bond acceptors (Lipinski definition) is 3. The molecule has 2 amide bonds. The molecule has 1 saturated heterocycles. The molecule has 134 valence electrons. The van der Waals surface area contributed by atoms with Gasteiger partial charge < -0.3 is 15.0 Å². The standard InChI is InChI=1S/C21H22N2O3/c24-20(23-11-9-16-3-1-2-4-19(16)23)13-15-5-7-18(8-6-15)22-21(25)17-10-12-26-14-17/h1-8,17H,9-14H2,(H,22,25)/t17-/m0/s1. The highest BCUT2D eigenvalue weighted by atomic mass is 16.5. The number of nitrogens with zero attached hydrogens (tertiary/aromatic N) is 1. The van der Waals surface area contributed by atoms with Crippen molar-refractivity contribution in [3.63, 3.8) is 0 Å². The number of rotatable bonds is 4. The van der Waals surface area contributed by atoms with Crippen LogP contribution in [0.5, 0.6) is 0 Å². The molecule has 0 radical (unpaired) electrons. The number of carbonyl (C=O) groups is 2. The van der Waals surface area contributed by atoms with Crippen molar-refractivity contribution in [3.05, 3.63) is 59.7 Å². The van der Waals surface area contributed by atoms with Gasteiger partial charge in [0.25, 0.3) is 0 Å². The Balaban J connectivity index is 1.37. The molecular weight excluding hydrogens is 328 g/mol. The zero-order valence-corrected chi connectivity index (χ0v) is 14.6.